The minimum atomic E-state index is -0.0516. The lowest BCUT2D eigenvalue weighted by Gasteiger charge is -2.35. The zero-order valence-corrected chi connectivity index (χ0v) is 15.4. The van der Waals surface area contributed by atoms with Crippen LogP contribution in [-0.2, 0) is 4.79 Å². The highest BCUT2D eigenvalue weighted by molar-refractivity contribution is 5.95. The van der Waals surface area contributed by atoms with E-state index in [2.05, 4.69) is 23.1 Å². The van der Waals surface area contributed by atoms with Gasteiger partial charge in [0.2, 0.25) is 0 Å². The number of carbonyl (C=O) groups is 1. The van der Waals surface area contributed by atoms with Gasteiger partial charge in [-0.15, -0.1) is 0 Å². The highest BCUT2D eigenvalue weighted by atomic mass is 16.5. The lowest BCUT2D eigenvalue weighted by atomic mass is 9.91. The number of fused-ring (bicyclic) bond motifs is 1. The molecule has 3 rings (SSSR count). The van der Waals surface area contributed by atoms with Crippen molar-refractivity contribution < 1.29 is 9.53 Å². The largest absolute Gasteiger partial charge is 0.488 e. The Morgan fingerprint density at radius 3 is 2.62 bits per heavy atom. The Bertz CT molecular complexity index is 838. The minimum absolute atomic E-state index is 0.0516. The number of hydrogen-bond acceptors (Lipinski definition) is 4. The molecule has 0 radical (unpaired) electrons. The van der Waals surface area contributed by atoms with Crippen LogP contribution in [0.25, 0.3) is 11.0 Å². The number of aryl methyl sites for hydroxylation is 1. The number of benzene rings is 1. The molecule has 1 aliphatic rings. The van der Waals surface area contributed by atoms with Crippen molar-refractivity contribution in [2.24, 2.45) is 0 Å². The van der Waals surface area contributed by atoms with Crippen molar-refractivity contribution in [3.05, 3.63) is 54.9 Å². The average molecular weight is 351 g/mol. The fourth-order valence-corrected chi connectivity index (χ4v) is 3.48. The SMILES string of the molecule is C=CC(=C)C(=O)N(C)C1CCC(Oc2cc(C)cc3nccnc23)CC1. The van der Waals surface area contributed by atoms with E-state index in [0.29, 0.717) is 5.57 Å². The molecule has 0 spiro atoms. The molecule has 26 heavy (non-hydrogen) atoms. The first-order chi connectivity index (χ1) is 12.5. The first-order valence-corrected chi connectivity index (χ1v) is 8.96. The van der Waals surface area contributed by atoms with E-state index in [4.69, 9.17) is 4.74 Å². The van der Waals surface area contributed by atoms with Gasteiger partial charge in [-0.05, 0) is 50.3 Å². The van der Waals surface area contributed by atoms with Gasteiger partial charge < -0.3 is 9.64 Å². The van der Waals surface area contributed by atoms with Gasteiger partial charge in [-0.3, -0.25) is 9.78 Å². The average Bonchev–Trinajstić information content (AvgIpc) is 2.66. The Morgan fingerprint density at radius 1 is 1.23 bits per heavy atom. The Hall–Kier alpha value is -2.69. The molecule has 0 aliphatic heterocycles. The van der Waals surface area contributed by atoms with E-state index in [1.165, 1.54) is 6.08 Å². The van der Waals surface area contributed by atoms with Gasteiger partial charge in [-0.25, -0.2) is 4.98 Å². The number of ether oxygens (including phenoxy) is 1. The summed E-state index contributed by atoms with van der Waals surface area (Å²) in [5, 5.41) is 0. The second kappa shape index (κ2) is 7.68. The van der Waals surface area contributed by atoms with Crippen LogP contribution in [0.1, 0.15) is 31.2 Å². The van der Waals surface area contributed by atoms with E-state index < -0.39 is 0 Å². The fourth-order valence-electron chi connectivity index (χ4n) is 3.48. The van der Waals surface area contributed by atoms with Crippen LogP contribution in [0.5, 0.6) is 5.75 Å². The second-order valence-electron chi connectivity index (χ2n) is 6.88. The summed E-state index contributed by atoms with van der Waals surface area (Å²) in [6, 6.07) is 4.25. The third-order valence-electron chi connectivity index (χ3n) is 5.01. The first-order valence-electron chi connectivity index (χ1n) is 8.96. The number of hydrogen-bond donors (Lipinski definition) is 0. The third kappa shape index (κ3) is 3.77. The molecular formula is C21H25N3O2. The van der Waals surface area contributed by atoms with E-state index in [0.717, 1.165) is 48.0 Å². The van der Waals surface area contributed by atoms with Gasteiger partial charge in [-0.2, -0.15) is 0 Å². The van der Waals surface area contributed by atoms with Crippen LogP contribution >= 0.6 is 0 Å². The van der Waals surface area contributed by atoms with Crippen molar-refractivity contribution >= 4 is 16.9 Å². The van der Waals surface area contributed by atoms with Crippen molar-refractivity contribution in [3.8, 4) is 5.75 Å². The molecule has 136 valence electrons. The zero-order chi connectivity index (χ0) is 18.7. The molecule has 0 bridgehead atoms. The molecule has 2 aromatic rings. The maximum atomic E-state index is 12.2. The van der Waals surface area contributed by atoms with E-state index in [9.17, 15) is 4.79 Å². The lowest BCUT2D eigenvalue weighted by Crippen LogP contribution is -2.41. The lowest BCUT2D eigenvalue weighted by molar-refractivity contribution is -0.128. The summed E-state index contributed by atoms with van der Waals surface area (Å²) in [4.78, 5) is 22.8. The van der Waals surface area contributed by atoms with Gasteiger partial charge in [0.05, 0.1) is 11.6 Å². The molecule has 0 N–H and O–H groups in total. The van der Waals surface area contributed by atoms with E-state index in [1.54, 1.807) is 17.3 Å². The summed E-state index contributed by atoms with van der Waals surface area (Å²) < 4.78 is 6.27. The van der Waals surface area contributed by atoms with Crippen molar-refractivity contribution in [3.63, 3.8) is 0 Å². The molecule has 1 fully saturated rings. The van der Waals surface area contributed by atoms with Gasteiger partial charge in [0, 0.05) is 31.1 Å². The van der Waals surface area contributed by atoms with Crippen LogP contribution in [0.2, 0.25) is 0 Å². The Labute approximate surface area is 154 Å². The minimum Gasteiger partial charge on any atom is -0.488 e. The molecule has 1 aromatic carbocycles. The number of nitrogens with zero attached hydrogens (tertiary/aromatic N) is 3. The second-order valence-corrected chi connectivity index (χ2v) is 6.88. The molecule has 0 atom stereocenters. The Kier molecular flexibility index (Phi) is 5.35. The van der Waals surface area contributed by atoms with Crippen LogP contribution in [0, 0.1) is 6.92 Å². The molecule has 5 nitrogen and oxygen atoms in total. The van der Waals surface area contributed by atoms with Gasteiger partial charge in [0.15, 0.2) is 0 Å². The first kappa shape index (κ1) is 18.1. The van der Waals surface area contributed by atoms with Crippen molar-refractivity contribution in [1.29, 1.82) is 0 Å². The summed E-state index contributed by atoms with van der Waals surface area (Å²) in [6.45, 7) is 9.40. The molecule has 5 heteroatoms. The summed E-state index contributed by atoms with van der Waals surface area (Å²) in [6.07, 6.45) is 8.65. The highest BCUT2D eigenvalue weighted by Crippen LogP contribution is 2.30. The predicted molar refractivity (Wildman–Crippen MR) is 103 cm³/mol. The number of carbonyl (C=O) groups excluding carboxylic acids is 1. The van der Waals surface area contributed by atoms with Gasteiger partial charge in [-0.1, -0.05) is 19.2 Å². The van der Waals surface area contributed by atoms with Gasteiger partial charge in [0.1, 0.15) is 11.3 Å². The molecule has 1 saturated carbocycles. The van der Waals surface area contributed by atoms with Crippen LogP contribution in [0.15, 0.2) is 49.3 Å². The van der Waals surface area contributed by atoms with E-state index in [-0.39, 0.29) is 18.1 Å². The number of rotatable bonds is 5. The van der Waals surface area contributed by atoms with E-state index >= 15 is 0 Å². The fraction of sp³-hybridized carbons (Fsp3) is 0.381. The molecular weight excluding hydrogens is 326 g/mol. The van der Waals surface area contributed by atoms with Crippen LogP contribution < -0.4 is 4.74 Å². The van der Waals surface area contributed by atoms with Gasteiger partial charge in [0.25, 0.3) is 5.91 Å². The highest BCUT2D eigenvalue weighted by Gasteiger charge is 2.28. The molecule has 1 aliphatic carbocycles. The summed E-state index contributed by atoms with van der Waals surface area (Å²) in [5.41, 5.74) is 3.20. The quantitative estimate of drug-likeness (QED) is 0.607. The Morgan fingerprint density at radius 2 is 1.92 bits per heavy atom. The maximum Gasteiger partial charge on any atom is 0.253 e. The zero-order valence-electron chi connectivity index (χ0n) is 15.4. The molecule has 1 heterocycles. The Balaban J connectivity index is 1.65. The summed E-state index contributed by atoms with van der Waals surface area (Å²) in [5.74, 6) is 0.741. The third-order valence-corrected chi connectivity index (χ3v) is 5.01. The standard InChI is InChI=1S/C21H25N3O2/c1-5-15(3)21(25)24(4)16-6-8-17(9-7-16)26-19-13-14(2)12-18-20(19)23-11-10-22-18/h5,10-13,16-17H,1,3,6-9H2,2,4H3. The van der Waals surface area contributed by atoms with Crippen LogP contribution in [0.3, 0.4) is 0 Å². The predicted octanol–water partition coefficient (Wildman–Crippen LogP) is 3.83. The number of likely N-dealkylation sites (N-methyl/N-ethyl adjacent to an activating group) is 1. The topological polar surface area (TPSA) is 55.3 Å². The van der Waals surface area contributed by atoms with Crippen molar-refractivity contribution in [1.82, 2.24) is 14.9 Å². The smallest absolute Gasteiger partial charge is 0.253 e. The monoisotopic (exact) mass is 351 g/mol. The maximum absolute atomic E-state index is 12.2. The number of aromatic nitrogens is 2. The normalized spacial score (nSPS) is 19.8. The molecule has 0 saturated heterocycles. The summed E-state index contributed by atoms with van der Waals surface area (Å²) >= 11 is 0. The van der Waals surface area contributed by atoms with Crippen molar-refractivity contribution in [2.75, 3.05) is 7.05 Å². The van der Waals surface area contributed by atoms with Crippen molar-refractivity contribution in [2.45, 2.75) is 44.8 Å². The van der Waals surface area contributed by atoms with Gasteiger partial charge >= 0.3 is 0 Å². The molecule has 1 amide bonds. The van der Waals surface area contributed by atoms with E-state index in [1.807, 2.05) is 26.1 Å². The summed E-state index contributed by atoms with van der Waals surface area (Å²) in [7, 11) is 1.84. The van der Waals surface area contributed by atoms with Crippen LogP contribution in [0.4, 0.5) is 0 Å². The molecule has 1 aromatic heterocycles. The molecule has 0 unspecified atom stereocenters. The van der Waals surface area contributed by atoms with Crippen LogP contribution in [-0.4, -0.2) is 40.0 Å². The number of amides is 1.